The van der Waals surface area contributed by atoms with Crippen LogP contribution in [-0.2, 0) is 6.54 Å². The number of para-hydroxylation sites is 2. The van der Waals surface area contributed by atoms with Crippen molar-refractivity contribution >= 4 is 32.6 Å². The molecule has 4 aromatic rings. The van der Waals surface area contributed by atoms with E-state index in [0.717, 1.165) is 0 Å². The summed E-state index contributed by atoms with van der Waals surface area (Å²) in [6.07, 6.45) is 1.46. The minimum absolute atomic E-state index is 0.0950. The molecular weight excluding hydrogens is 300 g/mol. The second-order valence-corrected chi connectivity index (χ2v) is 5.74. The molecule has 0 saturated heterocycles. The molecule has 0 saturated carbocycles. The molecule has 0 atom stereocenters. The summed E-state index contributed by atoms with van der Waals surface area (Å²) < 4.78 is 1.40. The lowest BCUT2D eigenvalue weighted by Crippen LogP contribution is -2.25. The van der Waals surface area contributed by atoms with Crippen molar-refractivity contribution in [3.05, 3.63) is 68.4 Å². The summed E-state index contributed by atoms with van der Waals surface area (Å²) in [7, 11) is 0. The summed E-state index contributed by atoms with van der Waals surface area (Å²) >= 11 is 1.41. The van der Waals surface area contributed by atoms with Crippen molar-refractivity contribution in [2.45, 2.75) is 6.54 Å². The highest BCUT2D eigenvalue weighted by atomic mass is 32.1. The minimum Gasteiger partial charge on any atom is -0.319 e. The molecule has 0 aliphatic carbocycles. The third kappa shape index (κ3) is 2.03. The van der Waals surface area contributed by atoms with Crippen LogP contribution in [0.2, 0.25) is 0 Å². The van der Waals surface area contributed by atoms with Gasteiger partial charge in [-0.25, -0.2) is 9.97 Å². The fourth-order valence-corrected chi connectivity index (χ4v) is 3.07. The molecule has 3 aromatic heterocycles. The Bertz CT molecular complexity index is 1110. The lowest BCUT2D eigenvalue weighted by atomic mass is 10.3. The fraction of sp³-hybridized carbons (Fsp3) is 0.0667. The normalized spacial score (nSPS) is 11.3. The van der Waals surface area contributed by atoms with Crippen molar-refractivity contribution in [3.8, 4) is 0 Å². The van der Waals surface area contributed by atoms with E-state index < -0.39 is 0 Å². The van der Waals surface area contributed by atoms with Gasteiger partial charge in [0.1, 0.15) is 10.5 Å². The van der Waals surface area contributed by atoms with Gasteiger partial charge in [0.05, 0.1) is 29.3 Å². The summed E-state index contributed by atoms with van der Waals surface area (Å²) in [5.74, 6) is 0. The highest BCUT2D eigenvalue weighted by Crippen LogP contribution is 2.13. The molecular formula is C15H10N4O2S. The lowest BCUT2D eigenvalue weighted by Gasteiger charge is -2.05. The van der Waals surface area contributed by atoms with E-state index in [4.69, 9.17) is 0 Å². The molecule has 6 nitrogen and oxygen atoms in total. The molecule has 0 spiro atoms. The first-order valence-corrected chi connectivity index (χ1v) is 7.51. The summed E-state index contributed by atoms with van der Waals surface area (Å²) in [6.45, 7) is 0.0950. The molecule has 0 radical (unpaired) electrons. The second kappa shape index (κ2) is 4.88. The van der Waals surface area contributed by atoms with Gasteiger partial charge in [-0.05, 0) is 23.6 Å². The Morgan fingerprint density at radius 1 is 1.18 bits per heavy atom. The summed E-state index contributed by atoms with van der Waals surface area (Å²) in [4.78, 5) is 36.5. The molecule has 1 aromatic carbocycles. The first-order valence-electron chi connectivity index (χ1n) is 6.63. The number of aromatic nitrogens is 4. The van der Waals surface area contributed by atoms with Crippen LogP contribution in [0.3, 0.4) is 0 Å². The van der Waals surface area contributed by atoms with Gasteiger partial charge in [-0.1, -0.05) is 12.1 Å². The number of aromatic amines is 1. The predicted molar refractivity (Wildman–Crippen MR) is 85.3 cm³/mol. The van der Waals surface area contributed by atoms with Crippen LogP contribution >= 0.6 is 11.3 Å². The van der Waals surface area contributed by atoms with E-state index in [0.29, 0.717) is 21.3 Å². The van der Waals surface area contributed by atoms with Crippen LogP contribution in [0.15, 0.2) is 51.6 Å². The van der Waals surface area contributed by atoms with Crippen molar-refractivity contribution in [1.29, 1.82) is 0 Å². The predicted octanol–water partition coefficient (Wildman–Crippen LogP) is 1.74. The number of nitrogens with zero attached hydrogens (tertiary/aromatic N) is 3. The molecule has 0 amide bonds. The zero-order valence-corrected chi connectivity index (χ0v) is 12.1. The van der Waals surface area contributed by atoms with E-state index in [1.807, 2.05) is 23.6 Å². The zero-order valence-electron chi connectivity index (χ0n) is 11.3. The number of hydrogen-bond acceptors (Lipinski definition) is 5. The topological polar surface area (TPSA) is 80.6 Å². The quantitative estimate of drug-likeness (QED) is 0.611. The Labute approximate surface area is 127 Å². The van der Waals surface area contributed by atoms with Gasteiger partial charge in [0, 0.05) is 0 Å². The van der Waals surface area contributed by atoms with Crippen LogP contribution < -0.4 is 11.1 Å². The van der Waals surface area contributed by atoms with Crippen molar-refractivity contribution in [2.24, 2.45) is 0 Å². The van der Waals surface area contributed by atoms with Crippen LogP contribution in [0.1, 0.15) is 5.69 Å². The number of hydrogen-bond donors (Lipinski definition) is 1. The van der Waals surface area contributed by atoms with Crippen molar-refractivity contribution < 1.29 is 0 Å². The van der Waals surface area contributed by atoms with E-state index in [2.05, 4.69) is 15.0 Å². The molecule has 0 aliphatic rings. The summed E-state index contributed by atoms with van der Waals surface area (Å²) in [5, 5.41) is 2.38. The monoisotopic (exact) mass is 310 g/mol. The van der Waals surface area contributed by atoms with Gasteiger partial charge in [-0.2, -0.15) is 0 Å². The molecule has 0 aliphatic heterocycles. The summed E-state index contributed by atoms with van der Waals surface area (Å²) in [5.41, 5.74) is 1.19. The maximum atomic E-state index is 12.4. The van der Waals surface area contributed by atoms with Crippen LogP contribution in [0, 0.1) is 0 Å². The van der Waals surface area contributed by atoms with E-state index >= 15 is 0 Å². The fourth-order valence-electron chi connectivity index (χ4n) is 2.34. The van der Waals surface area contributed by atoms with E-state index in [1.165, 1.54) is 22.2 Å². The van der Waals surface area contributed by atoms with Gasteiger partial charge in [-0.3, -0.25) is 14.2 Å². The van der Waals surface area contributed by atoms with Crippen LogP contribution in [0.4, 0.5) is 0 Å². The van der Waals surface area contributed by atoms with Crippen LogP contribution in [0.25, 0.3) is 21.3 Å². The Morgan fingerprint density at radius 2 is 2.05 bits per heavy atom. The number of H-pyrrole nitrogens is 1. The zero-order chi connectivity index (χ0) is 15.1. The number of rotatable bonds is 2. The third-order valence-electron chi connectivity index (χ3n) is 3.44. The van der Waals surface area contributed by atoms with Crippen molar-refractivity contribution in [2.75, 3.05) is 0 Å². The van der Waals surface area contributed by atoms with Crippen LogP contribution in [-0.4, -0.2) is 19.5 Å². The van der Waals surface area contributed by atoms with E-state index in [1.54, 1.807) is 12.1 Å². The van der Waals surface area contributed by atoms with E-state index in [-0.39, 0.29) is 23.4 Å². The molecule has 4 rings (SSSR count). The molecule has 108 valence electrons. The standard InChI is InChI=1S/C15H10N4O2S/c20-13-12(17-10-3-1-2-4-11(10)18-13)7-19-8-16-14-9(15(19)21)5-6-22-14/h1-6,8H,7H2,(H,18,20). The smallest absolute Gasteiger partial charge is 0.272 e. The highest BCUT2D eigenvalue weighted by molar-refractivity contribution is 7.16. The third-order valence-corrected chi connectivity index (χ3v) is 4.26. The van der Waals surface area contributed by atoms with Gasteiger partial charge in [0.2, 0.25) is 0 Å². The Balaban J connectivity index is 1.85. The number of nitrogens with one attached hydrogen (secondary N) is 1. The van der Waals surface area contributed by atoms with E-state index in [9.17, 15) is 9.59 Å². The maximum Gasteiger partial charge on any atom is 0.272 e. The SMILES string of the molecule is O=c1[nH]c2ccccc2nc1Cn1cnc2sccc2c1=O. The lowest BCUT2D eigenvalue weighted by molar-refractivity contribution is 0.724. The largest absolute Gasteiger partial charge is 0.319 e. The number of thiophene rings is 1. The van der Waals surface area contributed by atoms with Gasteiger partial charge >= 0.3 is 0 Å². The highest BCUT2D eigenvalue weighted by Gasteiger charge is 2.09. The molecule has 0 unspecified atom stereocenters. The minimum atomic E-state index is -0.295. The molecule has 22 heavy (non-hydrogen) atoms. The average Bonchev–Trinajstić information content (AvgIpc) is 3.00. The Hall–Kier alpha value is -2.80. The molecule has 0 fully saturated rings. The molecule has 0 bridgehead atoms. The number of fused-ring (bicyclic) bond motifs is 2. The summed E-state index contributed by atoms with van der Waals surface area (Å²) in [6, 6.07) is 9.03. The maximum absolute atomic E-state index is 12.4. The van der Waals surface area contributed by atoms with Gasteiger partial charge < -0.3 is 4.98 Å². The van der Waals surface area contributed by atoms with Gasteiger partial charge in [0.25, 0.3) is 11.1 Å². The Kier molecular flexibility index (Phi) is 2.87. The van der Waals surface area contributed by atoms with Crippen LogP contribution in [0.5, 0.6) is 0 Å². The van der Waals surface area contributed by atoms with Gasteiger partial charge in [0.15, 0.2) is 0 Å². The average molecular weight is 310 g/mol. The number of benzene rings is 1. The molecule has 3 heterocycles. The Morgan fingerprint density at radius 3 is 2.95 bits per heavy atom. The molecule has 7 heteroatoms. The van der Waals surface area contributed by atoms with Gasteiger partial charge in [-0.15, -0.1) is 11.3 Å². The van der Waals surface area contributed by atoms with Crippen molar-refractivity contribution in [3.63, 3.8) is 0 Å². The van der Waals surface area contributed by atoms with Crippen molar-refractivity contribution in [1.82, 2.24) is 19.5 Å². The first kappa shape index (κ1) is 12.9. The first-order chi connectivity index (χ1) is 10.7. The molecule has 1 N–H and O–H groups in total. The second-order valence-electron chi connectivity index (χ2n) is 4.85.